The zero-order valence-electron chi connectivity index (χ0n) is 12.5. The number of thiophene rings is 1. The number of nitrogens with one attached hydrogen (secondary N) is 1. The second-order valence-electron chi connectivity index (χ2n) is 5.61. The first-order valence-electron chi connectivity index (χ1n) is 7.45. The van der Waals surface area contributed by atoms with Crippen LogP contribution in [0.3, 0.4) is 0 Å². The molecule has 2 aromatic rings. The van der Waals surface area contributed by atoms with Crippen LogP contribution < -0.4 is 10.5 Å². The van der Waals surface area contributed by atoms with Crippen LogP contribution in [0.15, 0.2) is 34.5 Å². The number of amides is 1. The lowest BCUT2D eigenvalue weighted by Crippen LogP contribution is -2.25. The number of fused-ring (bicyclic) bond motifs is 1. The minimum absolute atomic E-state index is 0.0945. The molecule has 0 aliphatic heterocycles. The van der Waals surface area contributed by atoms with Crippen LogP contribution in [-0.4, -0.2) is 20.9 Å². The van der Waals surface area contributed by atoms with Gasteiger partial charge in [0.1, 0.15) is 4.21 Å². The van der Waals surface area contributed by atoms with Crippen molar-refractivity contribution in [1.82, 2.24) is 5.32 Å². The highest BCUT2D eigenvalue weighted by Gasteiger charge is 2.14. The quantitative estimate of drug-likeness (QED) is 0.862. The second-order valence-corrected chi connectivity index (χ2v) is 8.57. The van der Waals surface area contributed by atoms with Gasteiger partial charge in [-0.05, 0) is 61.1 Å². The Hall–Kier alpha value is -1.70. The number of primary sulfonamides is 1. The van der Waals surface area contributed by atoms with Crippen LogP contribution in [0.4, 0.5) is 0 Å². The molecule has 0 bridgehead atoms. The van der Waals surface area contributed by atoms with Crippen LogP contribution in [0.25, 0.3) is 0 Å². The van der Waals surface area contributed by atoms with Gasteiger partial charge in [-0.3, -0.25) is 4.79 Å². The average molecular weight is 350 g/mol. The molecule has 0 saturated heterocycles. The minimum Gasteiger partial charge on any atom is -0.352 e. The molecular formula is C16H18N2O3S2. The van der Waals surface area contributed by atoms with Crippen LogP contribution in [0.2, 0.25) is 0 Å². The summed E-state index contributed by atoms with van der Waals surface area (Å²) in [4.78, 5) is 13.1. The molecule has 0 atom stereocenters. The molecule has 0 unspecified atom stereocenters. The van der Waals surface area contributed by atoms with E-state index in [1.165, 1.54) is 17.2 Å². The normalized spacial score (nSPS) is 13.8. The zero-order valence-corrected chi connectivity index (χ0v) is 14.2. The number of carbonyl (C=O) groups excluding carboxylic acids is 1. The Bertz CT molecular complexity index is 841. The summed E-state index contributed by atoms with van der Waals surface area (Å²) in [5.41, 5.74) is 3.30. The lowest BCUT2D eigenvalue weighted by Gasteiger charge is -2.06. The molecule has 1 heterocycles. The molecule has 1 aliphatic carbocycles. The molecule has 5 nitrogen and oxygen atoms in total. The molecule has 1 amide bonds. The summed E-state index contributed by atoms with van der Waals surface area (Å²) < 4.78 is 22.6. The first kappa shape index (κ1) is 16.2. The Morgan fingerprint density at radius 1 is 1.17 bits per heavy atom. The molecule has 0 spiro atoms. The van der Waals surface area contributed by atoms with Crippen molar-refractivity contribution < 1.29 is 13.2 Å². The number of rotatable bonds is 5. The van der Waals surface area contributed by atoms with E-state index in [9.17, 15) is 13.2 Å². The SMILES string of the molecule is NS(=O)(=O)c1ccc(CCNC(=O)c2ccc3c(c2)CCC3)s1. The summed E-state index contributed by atoms with van der Waals surface area (Å²) in [6, 6.07) is 9.10. The molecule has 1 aromatic heterocycles. The van der Waals surface area contributed by atoms with Crippen molar-refractivity contribution in [2.45, 2.75) is 29.9 Å². The van der Waals surface area contributed by atoms with E-state index in [1.807, 2.05) is 18.2 Å². The highest BCUT2D eigenvalue weighted by Crippen LogP contribution is 2.23. The average Bonchev–Trinajstić information content (AvgIpc) is 3.14. The topological polar surface area (TPSA) is 89.3 Å². The van der Waals surface area contributed by atoms with Crippen molar-refractivity contribution in [2.75, 3.05) is 6.54 Å². The van der Waals surface area contributed by atoms with Gasteiger partial charge in [0.05, 0.1) is 0 Å². The van der Waals surface area contributed by atoms with Gasteiger partial charge in [-0.15, -0.1) is 11.3 Å². The van der Waals surface area contributed by atoms with E-state index in [4.69, 9.17) is 5.14 Å². The fourth-order valence-corrected chi connectivity index (χ4v) is 4.54. The van der Waals surface area contributed by atoms with Gasteiger partial charge >= 0.3 is 0 Å². The Morgan fingerprint density at radius 3 is 2.70 bits per heavy atom. The number of nitrogens with two attached hydrogens (primary N) is 1. The Labute approximate surface area is 139 Å². The van der Waals surface area contributed by atoms with Gasteiger partial charge in [0, 0.05) is 17.0 Å². The lowest BCUT2D eigenvalue weighted by atomic mass is 10.1. The summed E-state index contributed by atoms with van der Waals surface area (Å²) in [5, 5.41) is 7.95. The lowest BCUT2D eigenvalue weighted by molar-refractivity contribution is 0.0954. The highest BCUT2D eigenvalue weighted by molar-refractivity contribution is 7.91. The number of hydrogen-bond acceptors (Lipinski definition) is 4. The molecular weight excluding hydrogens is 332 g/mol. The molecule has 0 fully saturated rings. The molecule has 23 heavy (non-hydrogen) atoms. The molecule has 0 radical (unpaired) electrons. The van der Waals surface area contributed by atoms with Crippen LogP contribution >= 0.6 is 11.3 Å². The third-order valence-electron chi connectivity index (χ3n) is 3.94. The molecule has 1 aromatic carbocycles. The standard InChI is InChI=1S/C16H18N2O3S2/c17-23(20,21)15-7-6-14(22-15)8-9-18-16(19)13-5-4-11-2-1-3-12(11)10-13/h4-7,10H,1-3,8-9H2,(H,18,19)(H2,17,20,21). The predicted octanol–water partition coefficient (Wildman–Crippen LogP) is 1.86. The summed E-state index contributed by atoms with van der Waals surface area (Å²) in [6.07, 6.45) is 3.88. The van der Waals surface area contributed by atoms with Gasteiger partial charge in [-0.1, -0.05) is 6.07 Å². The van der Waals surface area contributed by atoms with Crippen LogP contribution in [0.5, 0.6) is 0 Å². The van der Waals surface area contributed by atoms with Gasteiger partial charge < -0.3 is 5.32 Å². The molecule has 0 saturated carbocycles. The van der Waals surface area contributed by atoms with E-state index in [0.29, 0.717) is 18.5 Å². The summed E-state index contributed by atoms with van der Waals surface area (Å²) in [6.45, 7) is 0.459. The molecule has 7 heteroatoms. The van der Waals surface area contributed by atoms with E-state index in [1.54, 1.807) is 6.07 Å². The summed E-state index contributed by atoms with van der Waals surface area (Å²) >= 11 is 1.14. The van der Waals surface area contributed by atoms with Crippen LogP contribution in [0, 0.1) is 0 Å². The Balaban J connectivity index is 1.56. The maximum Gasteiger partial charge on any atom is 0.251 e. The van der Waals surface area contributed by atoms with E-state index < -0.39 is 10.0 Å². The Kier molecular flexibility index (Phi) is 4.52. The van der Waals surface area contributed by atoms with E-state index in [2.05, 4.69) is 5.32 Å². The zero-order chi connectivity index (χ0) is 16.4. The first-order chi connectivity index (χ1) is 10.9. The van der Waals surface area contributed by atoms with E-state index in [0.717, 1.165) is 35.5 Å². The van der Waals surface area contributed by atoms with Crippen molar-refractivity contribution in [2.24, 2.45) is 5.14 Å². The molecule has 3 rings (SSSR count). The second kappa shape index (κ2) is 6.43. The fourth-order valence-electron chi connectivity index (χ4n) is 2.76. The fraction of sp³-hybridized carbons (Fsp3) is 0.312. The number of hydrogen-bond donors (Lipinski definition) is 2. The van der Waals surface area contributed by atoms with Gasteiger partial charge in [0.2, 0.25) is 10.0 Å². The molecule has 3 N–H and O–H groups in total. The van der Waals surface area contributed by atoms with Gasteiger partial charge in [-0.25, -0.2) is 13.6 Å². The molecule has 1 aliphatic rings. The number of sulfonamides is 1. The summed E-state index contributed by atoms with van der Waals surface area (Å²) in [5.74, 6) is -0.0945. The number of benzene rings is 1. The van der Waals surface area contributed by atoms with E-state index >= 15 is 0 Å². The number of aryl methyl sites for hydroxylation is 2. The van der Waals surface area contributed by atoms with Crippen molar-refractivity contribution in [1.29, 1.82) is 0 Å². The van der Waals surface area contributed by atoms with Gasteiger partial charge in [-0.2, -0.15) is 0 Å². The summed E-state index contributed by atoms with van der Waals surface area (Å²) in [7, 11) is -3.64. The minimum atomic E-state index is -3.64. The van der Waals surface area contributed by atoms with Crippen LogP contribution in [-0.2, 0) is 29.3 Å². The van der Waals surface area contributed by atoms with Crippen LogP contribution in [0.1, 0.15) is 32.8 Å². The first-order valence-corrected chi connectivity index (χ1v) is 9.81. The smallest absolute Gasteiger partial charge is 0.251 e. The predicted molar refractivity (Wildman–Crippen MR) is 90.2 cm³/mol. The number of carbonyl (C=O) groups is 1. The highest BCUT2D eigenvalue weighted by atomic mass is 32.2. The van der Waals surface area contributed by atoms with E-state index in [-0.39, 0.29) is 10.1 Å². The largest absolute Gasteiger partial charge is 0.352 e. The van der Waals surface area contributed by atoms with Crippen molar-refractivity contribution in [3.05, 3.63) is 51.9 Å². The van der Waals surface area contributed by atoms with Gasteiger partial charge in [0.15, 0.2) is 0 Å². The van der Waals surface area contributed by atoms with Crippen molar-refractivity contribution in [3.63, 3.8) is 0 Å². The maximum absolute atomic E-state index is 12.2. The third kappa shape index (κ3) is 3.80. The van der Waals surface area contributed by atoms with Gasteiger partial charge in [0.25, 0.3) is 5.91 Å². The maximum atomic E-state index is 12.2. The van der Waals surface area contributed by atoms with Crippen molar-refractivity contribution in [3.8, 4) is 0 Å². The third-order valence-corrected chi connectivity index (χ3v) is 6.52. The monoisotopic (exact) mass is 350 g/mol. The molecule has 122 valence electrons. The van der Waals surface area contributed by atoms with Crippen molar-refractivity contribution >= 4 is 27.3 Å². The Morgan fingerprint density at radius 2 is 1.96 bits per heavy atom.